The maximum absolute atomic E-state index is 12.3. The first-order chi connectivity index (χ1) is 22.5. The molecule has 0 radical (unpaired) electrons. The number of rotatable bonds is 36. The van der Waals surface area contributed by atoms with Crippen molar-refractivity contribution in [2.45, 2.75) is 225 Å². The Balaban J connectivity index is 3.59. The van der Waals surface area contributed by atoms with E-state index in [0.717, 1.165) is 25.7 Å². The van der Waals surface area contributed by atoms with E-state index in [2.05, 4.69) is 25.2 Å². The fourth-order valence-electron chi connectivity index (χ4n) is 6.10. The molecule has 0 fully saturated rings. The lowest BCUT2D eigenvalue weighted by Gasteiger charge is -2.20. The lowest BCUT2D eigenvalue weighted by Crippen LogP contribution is -2.45. The van der Waals surface area contributed by atoms with Gasteiger partial charge >= 0.3 is 0 Å². The quantitative estimate of drug-likeness (QED) is 0.0401. The van der Waals surface area contributed by atoms with Crippen molar-refractivity contribution in [3.8, 4) is 0 Å². The van der Waals surface area contributed by atoms with Crippen molar-refractivity contribution in [3.05, 3.63) is 24.3 Å². The number of aliphatic hydroxyl groups excluding tert-OH is 3. The van der Waals surface area contributed by atoms with Crippen LogP contribution in [0.25, 0.3) is 0 Å². The van der Waals surface area contributed by atoms with E-state index in [1.807, 2.05) is 12.2 Å². The van der Waals surface area contributed by atoms with Crippen LogP contribution in [0.4, 0.5) is 0 Å². The number of amides is 1. The van der Waals surface area contributed by atoms with Gasteiger partial charge in [-0.25, -0.2) is 0 Å². The summed E-state index contributed by atoms with van der Waals surface area (Å²) in [6.07, 6.45) is 43.5. The molecular formula is C41H79NO4. The van der Waals surface area contributed by atoms with Crippen LogP contribution in [-0.2, 0) is 4.79 Å². The molecule has 272 valence electrons. The topological polar surface area (TPSA) is 89.8 Å². The zero-order valence-corrected chi connectivity index (χ0v) is 30.7. The highest BCUT2D eigenvalue weighted by atomic mass is 16.3. The summed E-state index contributed by atoms with van der Waals surface area (Å²) in [5.74, 6) is -0.352. The van der Waals surface area contributed by atoms with Crippen molar-refractivity contribution in [1.82, 2.24) is 5.32 Å². The third-order valence-corrected chi connectivity index (χ3v) is 9.23. The summed E-state index contributed by atoms with van der Waals surface area (Å²) in [5.41, 5.74) is 0. The van der Waals surface area contributed by atoms with E-state index < -0.39 is 18.2 Å². The molecule has 0 aromatic rings. The lowest BCUT2D eigenvalue weighted by atomic mass is 10.0. The summed E-state index contributed by atoms with van der Waals surface area (Å²) >= 11 is 0. The van der Waals surface area contributed by atoms with Crippen LogP contribution in [0.2, 0.25) is 0 Å². The molecule has 5 nitrogen and oxygen atoms in total. The molecule has 3 unspecified atom stereocenters. The van der Waals surface area contributed by atoms with Crippen molar-refractivity contribution in [3.63, 3.8) is 0 Å². The largest absolute Gasteiger partial charge is 0.394 e. The molecule has 1 amide bonds. The Morgan fingerprint density at radius 1 is 0.543 bits per heavy atom. The van der Waals surface area contributed by atoms with Gasteiger partial charge < -0.3 is 20.6 Å². The predicted octanol–water partition coefficient (Wildman–Crippen LogP) is 11.0. The van der Waals surface area contributed by atoms with Gasteiger partial charge in [0.2, 0.25) is 5.91 Å². The minimum atomic E-state index is -0.936. The van der Waals surface area contributed by atoms with Crippen LogP contribution in [0.3, 0.4) is 0 Å². The number of carbonyl (C=O) groups excluding carboxylic acids is 1. The van der Waals surface area contributed by atoms with Gasteiger partial charge in [-0.05, 0) is 32.1 Å². The molecule has 46 heavy (non-hydrogen) atoms. The molecule has 0 heterocycles. The van der Waals surface area contributed by atoms with Crippen molar-refractivity contribution < 1.29 is 20.1 Å². The maximum Gasteiger partial charge on any atom is 0.223 e. The lowest BCUT2D eigenvalue weighted by molar-refractivity contribution is -0.124. The van der Waals surface area contributed by atoms with E-state index in [4.69, 9.17) is 0 Å². The third kappa shape index (κ3) is 32.8. The number of nitrogens with one attached hydrogen (secondary N) is 1. The van der Waals surface area contributed by atoms with Gasteiger partial charge in [0.15, 0.2) is 0 Å². The standard InChI is InChI=1S/C41H79NO4/c1-3-5-7-9-11-12-13-14-15-16-17-18-19-20-21-22-23-24-25-26-27-29-31-33-35-40(45)39(37-43)42-41(46)36-38(44)34-32-30-28-10-8-6-4-2/h30,32-33,35,38-40,43-45H,3-29,31,34,36-37H2,1-2H3,(H,42,46)/b32-30-,35-33+. The number of allylic oxidation sites excluding steroid dienone is 2. The monoisotopic (exact) mass is 650 g/mol. The molecule has 0 aromatic carbocycles. The molecule has 4 N–H and O–H groups in total. The summed E-state index contributed by atoms with van der Waals surface area (Å²) in [4.78, 5) is 12.3. The Bertz CT molecular complexity index is 679. The average Bonchev–Trinajstić information content (AvgIpc) is 3.05. The van der Waals surface area contributed by atoms with Crippen LogP contribution in [0.15, 0.2) is 24.3 Å². The second-order valence-electron chi connectivity index (χ2n) is 13.9. The minimum absolute atomic E-state index is 0.0351. The molecule has 0 bridgehead atoms. The van der Waals surface area contributed by atoms with E-state index in [9.17, 15) is 20.1 Å². The van der Waals surface area contributed by atoms with Gasteiger partial charge in [-0.15, -0.1) is 0 Å². The molecule has 0 aliphatic rings. The Morgan fingerprint density at radius 3 is 1.33 bits per heavy atom. The normalized spacial score (nSPS) is 13.9. The first kappa shape index (κ1) is 44.8. The molecule has 5 heteroatoms. The van der Waals surface area contributed by atoms with Crippen LogP contribution in [0.1, 0.15) is 206 Å². The average molecular weight is 650 g/mol. The summed E-state index contributed by atoms with van der Waals surface area (Å²) in [7, 11) is 0. The zero-order chi connectivity index (χ0) is 33.8. The third-order valence-electron chi connectivity index (χ3n) is 9.23. The fourth-order valence-corrected chi connectivity index (χ4v) is 6.10. The van der Waals surface area contributed by atoms with Gasteiger partial charge in [0.1, 0.15) is 0 Å². The number of hydrogen-bond acceptors (Lipinski definition) is 4. The van der Waals surface area contributed by atoms with Gasteiger partial charge in [0.05, 0.1) is 31.3 Å². The smallest absolute Gasteiger partial charge is 0.223 e. The van der Waals surface area contributed by atoms with Crippen molar-refractivity contribution in [1.29, 1.82) is 0 Å². The number of aliphatic hydroxyl groups is 3. The minimum Gasteiger partial charge on any atom is -0.394 e. The van der Waals surface area contributed by atoms with Crippen LogP contribution >= 0.6 is 0 Å². The molecular weight excluding hydrogens is 570 g/mol. The van der Waals surface area contributed by atoms with Crippen molar-refractivity contribution in [2.75, 3.05) is 6.61 Å². The molecule has 3 atom stereocenters. The van der Waals surface area contributed by atoms with Crippen molar-refractivity contribution >= 4 is 5.91 Å². The summed E-state index contributed by atoms with van der Waals surface area (Å²) in [6, 6.07) is -0.755. The molecule has 0 saturated carbocycles. The number of hydrogen-bond donors (Lipinski definition) is 4. The summed E-state index contributed by atoms with van der Waals surface area (Å²) < 4.78 is 0. The molecule has 0 aliphatic heterocycles. The van der Waals surface area contributed by atoms with Gasteiger partial charge in [0, 0.05) is 0 Å². The van der Waals surface area contributed by atoms with Gasteiger partial charge in [-0.2, -0.15) is 0 Å². The highest BCUT2D eigenvalue weighted by Crippen LogP contribution is 2.16. The maximum atomic E-state index is 12.3. The molecule has 0 saturated heterocycles. The molecule has 0 spiro atoms. The Kier molecular flexibility index (Phi) is 35.7. The summed E-state index contributed by atoms with van der Waals surface area (Å²) in [6.45, 7) is 4.14. The highest BCUT2D eigenvalue weighted by molar-refractivity contribution is 5.76. The Labute approximate surface area is 286 Å². The molecule has 0 aliphatic carbocycles. The van der Waals surface area contributed by atoms with Crippen molar-refractivity contribution in [2.24, 2.45) is 0 Å². The molecule has 0 aromatic heterocycles. The van der Waals surface area contributed by atoms with Crippen LogP contribution in [-0.4, -0.2) is 46.1 Å². The van der Waals surface area contributed by atoms with Crippen LogP contribution < -0.4 is 5.32 Å². The number of carbonyl (C=O) groups is 1. The van der Waals surface area contributed by atoms with E-state index >= 15 is 0 Å². The van der Waals surface area contributed by atoms with Gasteiger partial charge in [0.25, 0.3) is 0 Å². The van der Waals surface area contributed by atoms with E-state index in [1.54, 1.807) is 6.08 Å². The van der Waals surface area contributed by atoms with E-state index in [0.29, 0.717) is 6.42 Å². The first-order valence-corrected chi connectivity index (χ1v) is 20.1. The Hall–Kier alpha value is -1.17. The van der Waals surface area contributed by atoms with Gasteiger partial charge in [-0.1, -0.05) is 192 Å². The fraction of sp³-hybridized carbons (Fsp3) is 0.878. The van der Waals surface area contributed by atoms with E-state index in [-0.39, 0.29) is 18.9 Å². The summed E-state index contributed by atoms with van der Waals surface area (Å²) in [5, 5.41) is 32.8. The second-order valence-corrected chi connectivity index (χ2v) is 13.9. The van der Waals surface area contributed by atoms with E-state index in [1.165, 1.54) is 154 Å². The van der Waals surface area contributed by atoms with Crippen LogP contribution in [0, 0.1) is 0 Å². The second kappa shape index (κ2) is 36.7. The first-order valence-electron chi connectivity index (χ1n) is 20.1. The number of unbranched alkanes of at least 4 members (excludes halogenated alkanes) is 26. The molecule has 0 rings (SSSR count). The Morgan fingerprint density at radius 2 is 0.913 bits per heavy atom. The predicted molar refractivity (Wildman–Crippen MR) is 199 cm³/mol. The highest BCUT2D eigenvalue weighted by Gasteiger charge is 2.19. The van der Waals surface area contributed by atoms with Crippen LogP contribution in [0.5, 0.6) is 0 Å². The van der Waals surface area contributed by atoms with Gasteiger partial charge in [-0.3, -0.25) is 4.79 Å². The SMILES string of the molecule is CCCCCC/C=C\CC(O)CC(=O)NC(CO)C(O)/C=C/CCCCCCCCCCCCCCCCCCCCCCCC. The zero-order valence-electron chi connectivity index (χ0n) is 30.7.